The van der Waals surface area contributed by atoms with Gasteiger partial charge in [-0.15, -0.1) is 0 Å². The maximum Gasteiger partial charge on any atom is 0.423 e. The van der Waals surface area contributed by atoms with E-state index in [1.807, 2.05) is 0 Å². The van der Waals surface area contributed by atoms with E-state index in [9.17, 15) is 31.1 Å². The number of aliphatic hydroxyl groups excluding tert-OH is 1. The van der Waals surface area contributed by atoms with Crippen molar-refractivity contribution < 1.29 is 44.7 Å². The topological polar surface area (TPSA) is 123 Å². The average Bonchev–Trinajstić information content (AvgIpc) is 2.69. The molecule has 0 spiro atoms. The van der Waals surface area contributed by atoms with Gasteiger partial charge in [-0.05, 0) is 25.2 Å². The second-order valence-corrected chi connectivity index (χ2v) is 8.05. The summed E-state index contributed by atoms with van der Waals surface area (Å²) in [5, 5.41) is 12.2. The smallest absolute Gasteiger partial charge is 0.423 e. The van der Waals surface area contributed by atoms with Gasteiger partial charge in [0.25, 0.3) is 0 Å². The zero-order valence-corrected chi connectivity index (χ0v) is 16.3. The van der Waals surface area contributed by atoms with Gasteiger partial charge < -0.3 is 19.9 Å². The molecule has 0 aliphatic carbocycles. The van der Waals surface area contributed by atoms with Crippen molar-refractivity contribution in [3.63, 3.8) is 0 Å². The molecule has 14 heteroatoms. The lowest BCUT2D eigenvalue weighted by molar-refractivity contribution is -0.141. The summed E-state index contributed by atoms with van der Waals surface area (Å²) in [6.45, 7) is -3.04. The van der Waals surface area contributed by atoms with Gasteiger partial charge in [0.1, 0.15) is 23.6 Å². The van der Waals surface area contributed by atoms with Crippen LogP contribution in [-0.4, -0.2) is 55.9 Å². The number of nitrogens with zero attached hydrogens (tertiary/aromatic N) is 2. The number of ether oxygens (including phenoxy) is 2. The molecule has 1 aliphatic rings. The molecular formula is C17H18F4N4O5S. The molecule has 1 aliphatic heterocycles. The highest BCUT2D eigenvalue weighted by Crippen LogP contribution is 2.36. The molecule has 0 radical (unpaired) electrons. The lowest BCUT2D eigenvalue weighted by Gasteiger charge is -2.28. The van der Waals surface area contributed by atoms with Gasteiger partial charge in [0.2, 0.25) is 21.9 Å². The Morgan fingerprint density at radius 1 is 1.39 bits per heavy atom. The van der Waals surface area contributed by atoms with Crippen LogP contribution < -0.4 is 14.8 Å². The van der Waals surface area contributed by atoms with Crippen LogP contribution in [0.3, 0.4) is 0 Å². The molecule has 31 heavy (non-hydrogen) atoms. The predicted molar refractivity (Wildman–Crippen MR) is 98.8 cm³/mol. The zero-order valence-electron chi connectivity index (χ0n) is 18.5. The Kier molecular flexibility index (Phi) is 5.50. The second kappa shape index (κ2) is 8.90. The minimum Gasteiger partial charge on any atom is -0.471 e. The molecule has 170 valence electrons. The van der Waals surface area contributed by atoms with Gasteiger partial charge in [-0.2, -0.15) is 18.2 Å². The Balaban J connectivity index is 1.88. The minimum atomic E-state index is -4.89. The maximum absolute atomic E-state index is 14.5. The van der Waals surface area contributed by atoms with Gasteiger partial charge in [-0.3, -0.25) is 0 Å². The first kappa shape index (κ1) is 19.2. The fraction of sp³-hybridized carbons (Fsp3) is 0.412. The van der Waals surface area contributed by atoms with E-state index >= 15 is 0 Å². The third-order valence-electron chi connectivity index (χ3n) is 4.22. The largest absolute Gasteiger partial charge is 0.471 e. The van der Waals surface area contributed by atoms with Gasteiger partial charge in [0, 0.05) is 16.7 Å². The van der Waals surface area contributed by atoms with Crippen molar-refractivity contribution in [2.24, 2.45) is 0 Å². The summed E-state index contributed by atoms with van der Waals surface area (Å²) in [6, 6.07) is 2.29. The van der Waals surface area contributed by atoms with E-state index in [0.29, 0.717) is 12.3 Å². The molecule has 0 saturated carbocycles. The van der Waals surface area contributed by atoms with E-state index in [0.717, 1.165) is 12.1 Å². The average molecular weight is 469 g/mol. The number of aromatic nitrogens is 2. The Labute approximate surface area is 178 Å². The number of alkyl halides is 3. The molecule has 1 aromatic carbocycles. The number of hydrogen-bond acceptors (Lipinski definition) is 8. The molecule has 2 aromatic rings. The molecule has 3 rings (SSSR count). The summed E-state index contributed by atoms with van der Waals surface area (Å²) >= 11 is 0. The maximum atomic E-state index is 14.5. The van der Waals surface area contributed by atoms with Crippen LogP contribution in [-0.2, 0) is 20.9 Å². The normalized spacial score (nSPS) is 21.6. The third-order valence-corrected chi connectivity index (χ3v) is 5.36. The van der Waals surface area contributed by atoms with Crippen molar-refractivity contribution >= 4 is 21.7 Å². The zero-order chi connectivity index (χ0) is 25.3. The Morgan fingerprint density at radius 2 is 2.16 bits per heavy atom. The SMILES string of the molecule is [2H]C([2H])([2H])NS(=O)(=O)c1ccc(Nc2ncc(C(F)(F)F)c(O[C@@H]3CCOC[C@@H]3O)n2)c(F)c1. The highest BCUT2D eigenvalue weighted by Gasteiger charge is 2.38. The number of anilines is 2. The van der Waals surface area contributed by atoms with Gasteiger partial charge in [-0.25, -0.2) is 22.5 Å². The van der Waals surface area contributed by atoms with Crippen LogP contribution >= 0.6 is 0 Å². The van der Waals surface area contributed by atoms with Crippen molar-refractivity contribution in [1.82, 2.24) is 14.7 Å². The van der Waals surface area contributed by atoms with E-state index in [4.69, 9.17) is 13.6 Å². The summed E-state index contributed by atoms with van der Waals surface area (Å²) in [7, 11) is -4.57. The summed E-state index contributed by atoms with van der Waals surface area (Å²) in [5.74, 6) is -2.60. The molecule has 2 heterocycles. The van der Waals surface area contributed by atoms with Crippen LogP contribution in [0.5, 0.6) is 5.88 Å². The molecule has 1 aromatic heterocycles. The molecule has 2 atom stereocenters. The van der Waals surface area contributed by atoms with Crippen LogP contribution in [0.25, 0.3) is 0 Å². The molecule has 0 amide bonds. The Hall–Kier alpha value is -2.55. The number of sulfonamides is 1. The highest BCUT2D eigenvalue weighted by atomic mass is 32.2. The monoisotopic (exact) mass is 469 g/mol. The number of nitrogens with one attached hydrogen (secondary N) is 2. The first-order valence-corrected chi connectivity index (χ1v) is 10.1. The van der Waals surface area contributed by atoms with E-state index in [1.54, 1.807) is 0 Å². The van der Waals surface area contributed by atoms with Gasteiger partial charge in [0.15, 0.2) is 0 Å². The molecule has 0 bridgehead atoms. The van der Waals surface area contributed by atoms with Crippen molar-refractivity contribution in [2.75, 3.05) is 25.5 Å². The number of rotatable bonds is 6. The Bertz CT molecular complexity index is 1150. The molecule has 1 fully saturated rings. The second-order valence-electron chi connectivity index (χ2n) is 6.37. The number of halogens is 4. The fourth-order valence-electron chi connectivity index (χ4n) is 2.64. The van der Waals surface area contributed by atoms with Crippen molar-refractivity contribution in [2.45, 2.75) is 29.7 Å². The first-order chi connectivity index (χ1) is 15.7. The van der Waals surface area contributed by atoms with E-state index in [-0.39, 0.29) is 19.6 Å². The quantitative estimate of drug-likeness (QED) is 0.548. The number of aliphatic hydroxyl groups is 1. The molecule has 9 nitrogen and oxygen atoms in total. The van der Waals surface area contributed by atoms with Crippen LogP contribution in [0.1, 0.15) is 16.1 Å². The summed E-state index contributed by atoms with van der Waals surface area (Å²) in [5.41, 5.74) is -1.74. The van der Waals surface area contributed by atoms with Crippen LogP contribution in [0.15, 0.2) is 29.3 Å². The lowest BCUT2D eigenvalue weighted by Crippen LogP contribution is -2.41. The third kappa shape index (κ3) is 5.39. The first-order valence-electron chi connectivity index (χ1n) is 10.1. The molecule has 0 unspecified atom stereocenters. The summed E-state index contributed by atoms with van der Waals surface area (Å²) in [4.78, 5) is 6.43. The van der Waals surface area contributed by atoms with Gasteiger partial charge >= 0.3 is 6.18 Å². The van der Waals surface area contributed by atoms with Gasteiger partial charge in [0.05, 0.1) is 23.8 Å². The predicted octanol–water partition coefficient (Wildman–Crippen LogP) is 1.81. The lowest BCUT2D eigenvalue weighted by atomic mass is 10.1. The fourth-order valence-corrected chi connectivity index (χ4v) is 3.26. The summed E-state index contributed by atoms with van der Waals surface area (Å²) in [6.07, 6.45) is -6.62. The number of hydrogen-bond donors (Lipinski definition) is 3. The number of benzene rings is 1. The highest BCUT2D eigenvalue weighted by molar-refractivity contribution is 7.89. The minimum absolute atomic E-state index is 0.0973. The van der Waals surface area contributed by atoms with E-state index in [2.05, 4.69) is 15.3 Å². The van der Waals surface area contributed by atoms with E-state index in [1.165, 1.54) is 4.72 Å². The Morgan fingerprint density at radius 3 is 2.81 bits per heavy atom. The van der Waals surface area contributed by atoms with Crippen molar-refractivity contribution in [3.05, 3.63) is 35.8 Å². The van der Waals surface area contributed by atoms with Crippen LogP contribution in [0.4, 0.5) is 29.2 Å². The molecular weight excluding hydrogens is 448 g/mol. The van der Waals surface area contributed by atoms with Gasteiger partial charge in [-0.1, -0.05) is 0 Å². The molecule has 3 N–H and O–H groups in total. The molecule has 1 saturated heterocycles. The van der Waals surface area contributed by atoms with Crippen molar-refractivity contribution in [1.29, 1.82) is 0 Å². The van der Waals surface area contributed by atoms with Crippen LogP contribution in [0, 0.1) is 5.82 Å². The summed E-state index contributed by atoms with van der Waals surface area (Å²) < 4.78 is 111. The van der Waals surface area contributed by atoms with Crippen molar-refractivity contribution in [3.8, 4) is 5.88 Å². The van der Waals surface area contributed by atoms with E-state index < -0.39 is 69.2 Å². The standard InChI is InChI=1S/C17H18F4N4O5S/c1-22-31(27,28)9-2-3-12(11(18)6-9)24-16-23-7-10(17(19,20)21)15(25-16)30-14-4-5-29-8-13(14)26/h2-3,6-7,13-14,22,26H,4-5,8H2,1H3,(H,23,24,25)/t13-,14+/m0/s1/i1D3. The van der Waals surface area contributed by atoms with Crippen LogP contribution in [0.2, 0.25) is 0 Å².